The van der Waals surface area contributed by atoms with Gasteiger partial charge in [-0.3, -0.25) is 4.79 Å². The lowest BCUT2D eigenvalue weighted by Gasteiger charge is -2.36. The van der Waals surface area contributed by atoms with Crippen LogP contribution in [0.1, 0.15) is 44.6 Å². The molecule has 1 aliphatic carbocycles. The van der Waals surface area contributed by atoms with Gasteiger partial charge in [-0.1, -0.05) is 30.3 Å². The molecule has 4 nitrogen and oxygen atoms in total. The maximum absolute atomic E-state index is 14.8. The zero-order chi connectivity index (χ0) is 19.4. The van der Waals surface area contributed by atoms with Crippen molar-refractivity contribution in [1.29, 1.82) is 0 Å². The zero-order valence-electron chi connectivity index (χ0n) is 15.6. The van der Waals surface area contributed by atoms with E-state index in [4.69, 9.17) is 10.3 Å². The third-order valence-electron chi connectivity index (χ3n) is 4.91. The summed E-state index contributed by atoms with van der Waals surface area (Å²) in [7, 11) is 0. The van der Waals surface area contributed by atoms with Gasteiger partial charge in [0.25, 0.3) is 0 Å². The summed E-state index contributed by atoms with van der Waals surface area (Å²) in [5.41, 5.74) is 10.6. The number of hydrogen-bond acceptors (Lipinski definition) is 2. The minimum absolute atomic E-state index is 0.0175. The lowest BCUT2D eigenvalue weighted by atomic mass is 9.69. The molecule has 2 aromatic rings. The first kappa shape index (κ1) is 19.0. The normalized spacial score (nSPS) is 18.5. The molecule has 1 fully saturated rings. The summed E-state index contributed by atoms with van der Waals surface area (Å²) in [5, 5.41) is 0. The molecule has 0 aromatic heterocycles. The molecule has 27 heavy (non-hydrogen) atoms. The second kappa shape index (κ2) is 8.28. The van der Waals surface area contributed by atoms with Gasteiger partial charge in [0.1, 0.15) is 11.6 Å². The van der Waals surface area contributed by atoms with Crippen LogP contribution < -0.4 is 4.74 Å². The molecule has 3 rings (SSSR count). The lowest BCUT2D eigenvalue weighted by Crippen LogP contribution is -2.25. The summed E-state index contributed by atoms with van der Waals surface area (Å²) in [5.74, 6) is 0.646. The molecule has 0 N–H and O–H groups in total. The van der Waals surface area contributed by atoms with Gasteiger partial charge >= 0.3 is 6.21 Å². The number of rotatable bonds is 7. The average molecular weight is 366 g/mol. The molecule has 5 heteroatoms. The SMILES string of the molecule is CC(C)Oc1cc(-c2ccccc2)c(F)cc1C1CC(CC(=O)C=[N+]=[N-])C1. The minimum atomic E-state index is -0.265. The fraction of sp³-hybridized carbons (Fsp3) is 0.364. The number of halogens is 1. The Morgan fingerprint density at radius 3 is 2.63 bits per heavy atom. The minimum Gasteiger partial charge on any atom is -0.491 e. The van der Waals surface area contributed by atoms with E-state index < -0.39 is 0 Å². The molecule has 0 amide bonds. The van der Waals surface area contributed by atoms with Crippen LogP contribution in [0.5, 0.6) is 5.75 Å². The predicted octanol–water partition coefficient (Wildman–Crippen LogP) is 5.03. The molecule has 0 aliphatic heterocycles. The monoisotopic (exact) mass is 366 g/mol. The summed E-state index contributed by atoms with van der Waals surface area (Å²) in [6, 6.07) is 12.8. The summed E-state index contributed by atoms with van der Waals surface area (Å²) < 4.78 is 20.8. The Hall–Kier alpha value is -2.78. The molecule has 1 saturated carbocycles. The Balaban J connectivity index is 1.84. The van der Waals surface area contributed by atoms with Gasteiger partial charge in [0.15, 0.2) is 0 Å². The molecule has 140 valence electrons. The number of benzene rings is 2. The summed E-state index contributed by atoms with van der Waals surface area (Å²) in [4.78, 5) is 14.3. The van der Waals surface area contributed by atoms with Crippen molar-refractivity contribution in [2.24, 2.45) is 5.92 Å². The van der Waals surface area contributed by atoms with Crippen LogP contribution in [-0.4, -0.2) is 22.9 Å². The maximum Gasteiger partial charge on any atom is 0.323 e. The predicted molar refractivity (Wildman–Crippen MR) is 102 cm³/mol. The first-order valence-electron chi connectivity index (χ1n) is 9.23. The standard InChI is InChI=1S/C22H23FN2O2/c1-14(2)27-22-12-19(16-6-4-3-5-7-16)21(23)11-20(22)17-8-15(9-17)10-18(26)13-25-24/h3-7,11-15,17H,8-10H2,1-2H3. The number of hydrogen-bond donors (Lipinski definition) is 0. The quantitative estimate of drug-likeness (QED) is 0.392. The summed E-state index contributed by atoms with van der Waals surface area (Å²) in [6.07, 6.45) is 2.87. The smallest absolute Gasteiger partial charge is 0.323 e. The van der Waals surface area contributed by atoms with Gasteiger partial charge in [-0.05, 0) is 56.2 Å². The molecule has 0 radical (unpaired) electrons. The highest BCUT2D eigenvalue weighted by Crippen LogP contribution is 2.47. The highest BCUT2D eigenvalue weighted by atomic mass is 19.1. The molecule has 0 bridgehead atoms. The third kappa shape index (κ3) is 4.50. The van der Waals surface area contributed by atoms with Crippen LogP contribution in [0, 0.1) is 11.7 Å². The molecule has 0 spiro atoms. The first-order chi connectivity index (χ1) is 13.0. The molecule has 0 saturated heterocycles. The van der Waals surface area contributed by atoms with Crippen molar-refractivity contribution >= 4 is 12.0 Å². The maximum atomic E-state index is 14.8. The molecular formula is C22H23FN2O2. The van der Waals surface area contributed by atoms with Crippen molar-refractivity contribution < 1.29 is 18.7 Å². The van der Waals surface area contributed by atoms with Crippen molar-refractivity contribution in [3.05, 3.63) is 59.4 Å². The molecule has 2 aromatic carbocycles. The topological polar surface area (TPSA) is 62.7 Å². The van der Waals surface area contributed by atoms with Crippen LogP contribution in [0.15, 0.2) is 42.5 Å². The van der Waals surface area contributed by atoms with Crippen LogP contribution in [-0.2, 0) is 4.79 Å². The Bertz CT molecular complexity index is 867. The number of carbonyl (C=O) groups excluding carboxylic acids is 1. The van der Waals surface area contributed by atoms with Crippen molar-refractivity contribution in [1.82, 2.24) is 0 Å². The van der Waals surface area contributed by atoms with Crippen LogP contribution in [0.4, 0.5) is 4.39 Å². The third-order valence-corrected chi connectivity index (χ3v) is 4.91. The van der Waals surface area contributed by atoms with E-state index in [9.17, 15) is 9.18 Å². The number of ketones is 1. The van der Waals surface area contributed by atoms with E-state index in [2.05, 4.69) is 4.79 Å². The largest absolute Gasteiger partial charge is 0.491 e. The lowest BCUT2D eigenvalue weighted by molar-refractivity contribution is -0.117. The van der Waals surface area contributed by atoms with Gasteiger partial charge in [-0.25, -0.2) is 4.39 Å². The molecule has 0 heterocycles. The zero-order valence-corrected chi connectivity index (χ0v) is 15.6. The Kier molecular flexibility index (Phi) is 5.82. The fourth-order valence-electron chi connectivity index (χ4n) is 3.64. The number of carbonyl (C=O) groups is 1. The first-order valence-corrected chi connectivity index (χ1v) is 9.23. The fourth-order valence-corrected chi connectivity index (χ4v) is 3.64. The summed E-state index contributed by atoms with van der Waals surface area (Å²) in [6.45, 7) is 3.90. The van der Waals surface area contributed by atoms with Gasteiger partial charge in [0.05, 0.1) is 6.10 Å². The van der Waals surface area contributed by atoms with Crippen molar-refractivity contribution in [3.63, 3.8) is 0 Å². The molecule has 1 aliphatic rings. The van der Waals surface area contributed by atoms with E-state index in [1.165, 1.54) is 0 Å². The van der Waals surface area contributed by atoms with Gasteiger partial charge in [-0.2, -0.15) is 4.79 Å². The van der Waals surface area contributed by atoms with E-state index >= 15 is 0 Å². The van der Waals surface area contributed by atoms with E-state index in [-0.39, 0.29) is 29.5 Å². The van der Waals surface area contributed by atoms with E-state index in [1.54, 1.807) is 12.1 Å². The van der Waals surface area contributed by atoms with Crippen LogP contribution in [0.2, 0.25) is 0 Å². The Labute approximate surface area is 158 Å². The Morgan fingerprint density at radius 2 is 2.00 bits per heavy atom. The van der Waals surface area contributed by atoms with Crippen LogP contribution >= 0.6 is 0 Å². The molecule has 0 unspecified atom stereocenters. The second-order valence-electron chi connectivity index (χ2n) is 7.35. The van der Waals surface area contributed by atoms with E-state index in [0.29, 0.717) is 17.7 Å². The number of ether oxygens (including phenoxy) is 1. The van der Waals surface area contributed by atoms with Gasteiger partial charge in [-0.15, -0.1) is 0 Å². The molecular weight excluding hydrogens is 343 g/mol. The number of nitrogens with zero attached hydrogens (tertiary/aromatic N) is 2. The van der Waals surface area contributed by atoms with Crippen molar-refractivity contribution in [2.75, 3.05) is 0 Å². The molecule has 0 atom stereocenters. The summed E-state index contributed by atoms with van der Waals surface area (Å²) >= 11 is 0. The number of Topliss-reactive ketones (excluding diaryl/α,β-unsaturated/α-hetero) is 1. The average Bonchev–Trinajstić information content (AvgIpc) is 2.60. The van der Waals surface area contributed by atoms with E-state index in [1.807, 2.05) is 44.2 Å². The van der Waals surface area contributed by atoms with Crippen molar-refractivity contribution in [2.45, 2.75) is 45.1 Å². The van der Waals surface area contributed by atoms with Crippen molar-refractivity contribution in [3.8, 4) is 16.9 Å². The van der Waals surface area contributed by atoms with Gasteiger partial charge in [0.2, 0.25) is 5.78 Å². The van der Waals surface area contributed by atoms with Gasteiger partial charge in [0, 0.05) is 17.5 Å². The van der Waals surface area contributed by atoms with Crippen LogP contribution in [0.25, 0.3) is 16.7 Å². The highest BCUT2D eigenvalue weighted by molar-refractivity contribution is 6.25. The van der Waals surface area contributed by atoms with E-state index in [0.717, 1.165) is 30.2 Å². The highest BCUT2D eigenvalue weighted by Gasteiger charge is 2.34. The second-order valence-corrected chi connectivity index (χ2v) is 7.35. The van der Waals surface area contributed by atoms with Gasteiger partial charge < -0.3 is 10.3 Å². The van der Waals surface area contributed by atoms with Crippen LogP contribution in [0.3, 0.4) is 0 Å². The Morgan fingerprint density at radius 1 is 1.30 bits per heavy atom.